The Bertz CT molecular complexity index is 1260. The molecule has 32 heavy (non-hydrogen) atoms. The third-order valence-corrected chi connectivity index (χ3v) is 8.24. The third-order valence-electron chi connectivity index (χ3n) is 5.17. The minimum Gasteiger partial charge on any atom is -0.352 e. The van der Waals surface area contributed by atoms with Gasteiger partial charge in [-0.2, -0.15) is 4.31 Å². The van der Waals surface area contributed by atoms with Crippen molar-refractivity contribution >= 4 is 38.2 Å². The number of aromatic amines is 1. The van der Waals surface area contributed by atoms with Gasteiger partial charge in [0.25, 0.3) is 5.91 Å². The number of H-pyrrole nitrogens is 1. The lowest BCUT2D eigenvalue weighted by Crippen LogP contribution is -2.30. The number of sulfonamides is 1. The van der Waals surface area contributed by atoms with Crippen molar-refractivity contribution in [2.24, 2.45) is 0 Å². The number of nitrogens with one attached hydrogen (secondary N) is 2. The molecular weight excluding hydrogens is 448 g/mol. The summed E-state index contributed by atoms with van der Waals surface area (Å²) in [4.78, 5) is 32.1. The molecule has 0 aliphatic rings. The van der Waals surface area contributed by atoms with E-state index < -0.39 is 21.5 Å². The maximum absolute atomic E-state index is 12.9. The summed E-state index contributed by atoms with van der Waals surface area (Å²) < 4.78 is 27.1. The maximum Gasteiger partial charge on any atom is 0.252 e. The van der Waals surface area contributed by atoms with Crippen molar-refractivity contribution in [2.45, 2.75) is 44.9 Å². The Morgan fingerprint density at radius 1 is 1.19 bits per heavy atom. The van der Waals surface area contributed by atoms with Gasteiger partial charge in [0, 0.05) is 47.7 Å². The van der Waals surface area contributed by atoms with E-state index in [0.29, 0.717) is 30.5 Å². The summed E-state index contributed by atoms with van der Waals surface area (Å²) in [6.45, 7) is 6.65. The van der Waals surface area contributed by atoms with Crippen LogP contribution in [0.25, 0.3) is 10.9 Å². The molecule has 3 rings (SSSR count). The average molecular weight is 477 g/mol. The molecule has 10 heteroatoms. The van der Waals surface area contributed by atoms with Crippen LogP contribution >= 0.6 is 11.3 Å². The van der Waals surface area contributed by atoms with Gasteiger partial charge in [0.05, 0.1) is 15.5 Å². The van der Waals surface area contributed by atoms with Crippen LogP contribution in [0.15, 0.2) is 39.3 Å². The lowest BCUT2D eigenvalue weighted by Gasteiger charge is -2.19. The molecule has 0 saturated carbocycles. The molecule has 172 valence electrons. The molecule has 2 aromatic heterocycles. The monoisotopic (exact) mass is 476 g/mol. The number of hydrogen-bond acceptors (Lipinski definition) is 6. The molecule has 8 nitrogen and oxygen atoms in total. The smallest absolute Gasteiger partial charge is 0.252 e. The number of carbonyl (C=O) groups excluding carboxylic acids is 1. The first kappa shape index (κ1) is 24.1. The Morgan fingerprint density at radius 2 is 1.94 bits per heavy atom. The third kappa shape index (κ3) is 5.43. The Labute approximate surface area is 191 Å². The summed E-state index contributed by atoms with van der Waals surface area (Å²) >= 11 is 1.63. The summed E-state index contributed by atoms with van der Waals surface area (Å²) in [6.07, 6.45) is 2.51. The summed E-state index contributed by atoms with van der Waals surface area (Å²) in [7, 11) is -3.69. The quantitative estimate of drug-likeness (QED) is 0.437. The Hall–Kier alpha value is -2.56. The lowest BCUT2D eigenvalue weighted by molar-refractivity contribution is 0.0954. The number of aryl methyl sites for hydroxylation is 2. The number of nitrogens with zero attached hydrogens (tertiary/aromatic N) is 2. The topological polar surface area (TPSA) is 112 Å². The van der Waals surface area contributed by atoms with Crippen LogP contribution < -0.4 is 10.9 Å². The van der Waals surface area contributed by atoms with E-state index in [1.165, 1.54) is 28.6 Å². The molecule has 0 saturated heterocycles. The fourth-order valence-electron chi connectivity index (χ4n) is 3.51. The van der Waals surface area contributed by atoms with Gasteiger partial charge in [-0.05, 0) is 44.4 Å². The van der Waals surface area contributed by atoms with E-state index in [1.54, 1.807) is 25.2 Å². The van der Waals surface area contributed by atoms with Gasteiger partial charge in [-0.15, -0.1) is 11.3 Å². The minimum absolute atomic E-state index is 0.0912. The fraction of sp³-hybridized carbons (Fsp3) is 0.409. The summed E-state index contributed by atoms with van der Waals surface area (Å²) in [5.74, 6) is -0.399. The highest BCUT2D eigenvalue weighted by Gasteiger charge is 2.23. The van der Waals surface area contributed by atoms with Crippen LogP contribution in [0.5, 0.6) is 0 Å². The van der Waals surface area contributed by atoms with Gasteiger partial charge in [-0.1, -0.05) is 13.8 Å². The van der Waals surface area contributed by atoms with Gasteiger partial charge in [0.1, 0.15) is 0 Å². The largest absolute Gasteiger partial charge is 0.352 e. The second kappa shape index (κ2) is 10.4. The van der Waals surface area contributed by atoms with Crippen molar-refractivity contribution in [2.75, 3.05) is 19.6 Å². The number of carbonyl (C=O) groups is 1. The zero-order valence-corrected chi connectivity index (χ0v) is 20.1. The first-order valence-corrected chi connectivity index (χ1v) is 12.9. The van der Waals surface area contributed by atoms with Crippen LogP contribution in [0, 0.1) is 6.92 Å². The van der Waals surface area contributed by atoms with Crippen molar-refractivity contribution in [1.82, 2.24) is 19.6 Å². The number of amides is 1. The van der Waals surface area contributed by atoms with E-state index in [0.717, 1.165) is 30.0 Å². The molecule has 0 unspecified atom stereocenters. The molecule has 0 aliphatic carbocycles. The number of pyridine rings is 1. The Kier molecular flexibility index (Phi) is 7.81. The minimum atomic E-state index is -3.69. The van der Waals surface area contributed by atoms with Crippen LogP contribution in [0.4, 0.5) is 0 Å². The van der Waals surface area contributed by atoms with Crippen molar-refractivity contribution in [3.8, 4) is 0 Å². The van der Waals surface area contributed by atoms with E-state index in [9.17, 15) is 18.0 Å². The number of hydrogen-bond donors (Lipinski definition) is 2. The van der Waals surface area contributed by atoms with Crippen LogP contribution in [-0.2, 0) is 16.4 Å². The molecule has 0 atom stereocenters. The zero-order chi connectivity index (χ0) is 23.3. The van der Waals surface area contributed by atoms with Gasteiger partial charge < -0.3 is 10.3 Å². The van der Waals surface area contributed by atoms with Crippen molar-refractivity contribution in [3.63, 3.8) is 0 Å². The lowest BCUT2D eigenvalue weighted by atomic mass is 10.1. The van der Waals surface area contributed by atoms with Crippen LogP contribution in [0.2, 0.25) is 0 Å². The number of thiazole rings is 1. The fourth-order valence-corrected chi connectivity index (χ4v) is 5.81. The molecule has 0 bridgehead atoms. The standard InChI is InChI=1S/C22H28N4O4S2/c1-4-26(5-2)32(29,30)16-9-10-19-17(12-16)18(13-20(27)25-19)22(28)23-11-7-6-8-21-24-15(3)14-31-21/h9-10,12-14H,4-8,11H2,1-3H3,(H,23,28)(H,25,27). The molecule has 0 fully saturated rings. The Balaban J connectivity index is 1.77. The van der Waals surface area contributed by atoms with Gasteiger partial charge in [-0.25, -0.2) is 13.4 Å². The highest BCUT2D eigenvalue weighted by molar-refractivity contribution is 7.89. The van der Waals surface area contributed by atoms with E-state index in [4.69, 9.17) is 0 Å². The molecule has 0 spiro atoms. The van der Waals surface area contributed by atoms with Crippen LogP contribution in [0.3, 0.4) is 0 Å². The van der Waals surface area contributed by atoms with E-state index in [-0.39, 0.29) is 10.5 Å². The van der Waals surface area contributed by atoms with Crippen LogP contribution in [0.1, 0.15) is 47.7 Å². The summed E-state index contributed by atoms with van der Waals surface area (Å²) in [5.41, 5.74) is 1.18. The molecule has 1 amide bonds. The predicted molar refractivity (Wildman–Crippen MR) is 127 cm³/mol. The number of rotatable bonds is 10. The molecule has 0 radical (unpaired) electrons. The van der Waals surface area contributed by atoms with Gasteiger partial charge in [0.2, 0.25) is 15.6 Å². The second-order valence-electron chi connectivity index (χ2n) is 7.44. The first-order valence-electron chi connectivity index (χ1n) is 10.6. The number of unbranched alkanes of at least 4 members (excludes halogenated alkanes) is 1. The highest BCUT2D eigenvalue weighted by Crippen LogP contribution is 2.23. The van der Waals surface area contributed by atoms with Crippen LogP contribution in [-0.4, -0.2) is 48.2 Å². The van der Waals surface area contributed by atoms with E-state index in [2.05, 4.69) is 15.3 Å². The number of fused-ring (bicyclic) bond motifs is 1. The number of benzene rings is 1. The average Bonchev–Trinajstić information content (AvgIpc) is 3.18. The zero-order valence-electron chi connectivity index (χ0n) is 18.5. The van der Waals surface area contributed by atoms with Gasteiger partial charge in [0.15, 0.2) is 0 Å². The van der Waals surface area contributed by atoms with Gasteiger partial charge in [-0.3, -0.25) is 9.59 Å². The molecule has 2 N–H and O–H groups in total. The van der Waals surface area contributed by atoms with Crippen molar-refractivity contribution in [3.05, 3.63) is 56.3 Å². The summed E-state index contributed by atoms with van der Waals surface area (Å²) in [5, 5.41) is 6.34. The van der Waals surface area contributed by atoms with E-state index in [1.807, 2.05) is 12.3 Å². The molecule has 3 aromatic rings. The van der Waals surface area contributed by atoms with Crippen molar-refractivity contribution in [1.29, 1.82) is 0 Å². The highest BCUT2D eigenvalue weighted by atomic mass is 32.2. The molecule has 2 heterocycles. The SMILES string of the molecule is CCN(CC)S(=O)(=O)c1ccc2[nH]c(=O)cc(C(=O)NCCCCc3nc(C)cs3)c2c1. The van der Waals surface area contributed by atoms with Gasteiger partial charge >= 0.3 is 0 Å². The van der Waals surface area contributed by atoms with Crippen molar-refractivity contribution < 1.29 is 13.2 Å². The van der Waals surface area contributed by atoms with E-state index >= 15 is 0 Å². The molecule has 1 aromatic carbocycles. The number of aromatic nitrogens is 2. The first-order chi connectivity index (χ1) is 15.3. The second-order valence-corrected chi connectivity index (χ2v) is 10.3. The normalized spacial score (nSPS) is 11.9. The molecule has 0 aliphatic heterocycles. The predicted octanol–water partition coefficient (Wildman–Crippen LogP) is 3.08. The Morgan fingerprint density at radius 3 is 2.59 bits per heavy atom. The maximum atomic E-state index is 12.9. The molecular formula is C22H28N4O4S2. The summed E-state index contributed by atoms with van der Waals surface area (Å²) in [6, 6.07) is 5.65.